The van der Waals surface area contributed by atoms with Gasteiger partial charge in [0.25, 0.3) is 5.56 Å². The summed E-state index contributed by atoms with van der Waals surface area (Å²) in [5.41, 5.74) is 1.34. The number of carbonyl (C=O) groups excluding carboxylic acids is 1. The fourth-order valence-electron chi connectivity index (χ4n) is 3.92. The molecule has 1 saturated heterocycles. The monoisotopic (exact) mass is 532 g/mol. The van der Waals surface area contributed by atoms with Gasteiger partial charge < -0.3 is 9.74 Å². The van der Waals surface area contributed by atoms with Gasteiger partial charge in [0, 0.05) is 24.7 Å². The Balaban J connectivity index is 0.000000694. The van der Waals surface area contributed by atoms with E-state index in [9.17, 15) is 9.59 Å². The Kier molecular flexibility index (Phi) is 11.4. The Morgan fingerprint density at radius 1 is 1.17 bits per heavy atom. The lowest BCUT2D eigenvalue weighted by Crippen LogP contribution is -2.42. The van der Waals surface area contributed by atoms with Crippen LogP contribution in [0.1, 0.15) is 46.1 Å². The molecule has 36 heavy (non-hydrogen) atoms. The lowest BCUT2D eigenvalue weighted by molar-refractivity contribution is -0.132. The number of hydrogen-bond donors (Lipinski definition) is 0. The molecule has 1 aromatic heterocycles. The second-order valence-electron chi connectivity index (χ2n) is 7.86. The fraction of sp³-hybridized carbons (Fsp3) is 0.423. The molecule has 0 aliphatic carbocycles. The highest BCUT2D eigenvalue weighted by atomic mass is 35.5. The molecule has 1 aliphatic rings. The Morgan fingerprint density at radius 2 is 1.78 bits per heavy atom. The molecule has 1 amide bonds. The van der Waals surface area contributed by atoms with Gasteiger partial charge in [-0.15, -0.1) is 4.91 Å². The van der Waals surface area contributed by atoms with E-state index < -0.39 is 4.75 Å². The van der Waals surface area contributed by atoms with E-state index in [2.05, 4.69) is 4.84 Å². The van der Waals surface area contributed by atoms with Crippen molar-refractivity contribution in [1.82, 2.24) is 14.5 Å². The third kappa shape index (κ3) is 6.64. The lowest BCUT2D eigenvalue weighted by Gasteiger charge is -2.32. The van der Waals surface area contributed by atoms with Crippen LogP contribution in [-0.2, 0) is 20.9 Å². The van der Waals surface area contributed by atoms with Gasteiger partial charge in [0.05, 0.1) is 10.9 Å². The van der Waals surface area contributed by atoms with Crippen molar-refractivity contribution < 1.29 is 9.63 Å². The first-order valence-corrected chi connectivity index (χ1v) is 13.1. The van der Waals surface area contributed by atoms with Crippen molar-refractivity contribution in [2.24, 2.45) is 5.34 Å². The number of thioether (sulfide) groups is 1. The van der Waals surface area contributed by atoms with E-state index in [-0.39, 0.29) is 11.5 Å². The van der Waals surface area contributed by atoms with Crippen LogP contribution in [0, 0.1) is 4.91 Å². The normalized spacial score (nSPS) is 14.1. The highest BCUT2D eigenvalue weighted by Crippen LogP contribution is 2.42. The van der Waals surface area contributed by atoms with Gasteiger partial charge in [-0.05, 0) is 50.5 Å². The van der Waals surface area contributed by atoms with Crippen molar-refractivity contribution in [2.75, 3.05) is 20.2 Å². The standard InChI is InChI=1S/C23H24ClN3O2S.C2H6.CH3NO2/c1-3-27-20(28)18-15-17(24)11-12-19(18)25-22(27)30-23(2,16-9-5-4-6-10-16)21(29)26-13-7-8-14-26;1-2;1-4-2-3/h4-6,9-12,15H,3,7-8,13-14H2,1-2H3;1-2H3;1H3. The molecule has 2 heterocycles. The minimum absolute atomic E-state index is 0.0595. The third-order valence-corrected chi connectivity index (χ3v) is 7.24. The van der Waals surface area contributed by atoms with E-state index in [4.69, 9.17) is 21.5 Å². The Bertz CT molecular complexity index is 1220. The van der Waals surface area contributed by atoms with Gasteiger partial charge in [0.2, 0.25) is 5.91 Å². The van der Waals surface area contributed by atoms with E-state index in [0.29, 0.717) is 27.6 Å². The number of benzene rings is 2. The maximum absolute atomic E-state index is 13.6. The predicted molar refractivity (Wildman–Crippen MR) is 146 cm³/mol. The Hall–Kier alpha value is -2.91. The van der Waals surface area contributed by atoms with E-state index >= 15 is 0 Å². The van der Waals surface area contributed by atoms with Gasteiger partial charge in [-0.1, -0.05) is 67.5 Å². The molecular weight excluding hydrogens is 500 g/mol. The van der Waals surface area contributed by atoms with Gasteiger partial charge in [-0.2, -0.15) is 0 Å². The lowest BCUT2D eigenvalue weighted by atomic mass is 9.98. The second kappa shape index (κ2) is 14.0. The van der Waals surface area contributed by atoms with Crippen LogP contribution in [0.15, 0.2) is 63.8 Å². The summed E-state index contributed by atoms with van der Waals surface area (Å²) in [6.07, 6.45) is 2.05. The summed E-state index contributed by atoms with van der Waals surface area (Å²) in [6, 6.07) is 14.9. The van der Waals surface area contributed by atoms with Gasteiger partial charge >= 0.3 is 0 Å². The molecule has 0 radical (unpaired) electrons. The molecule has 194 valence electrons. The minimum Gasteiger partial charge on any atom is -0.367 e. The number of likely N-dealkylation sites (tertiary alicyclic amines) is 1. The van der Waals surface area contributed by atoms with Crippen LogP contribution in [0.2, 0.25) is 5.02 Å². The molecule has 3 aromatic rings. The molecule has 1 unspecified atom stereocenters. The first kappa shape index (κ1) is 29.3. The quantitative estimate of drug-likeness (QED) is 0.166. The van der Waals surface area contributed by atoms with Crippen LogP contribution < -0.4 is 5.56 Å². The van der Waals surface area contributed by atoms with Crippen LogP contribution >= 0.6 is 23.4 Å². The summed E-state index contributed by atoms with van der Waals surface area (Å²) in [7, 11) is 1.20. The molecule has 1 aliphatic heterocycles. The minimum atomic E-state index is -0.887. The molecule has 1 atom stereocenters. The summed E-state index contributed by atoms with van der Waals surface area (Å²) in [5, 5.41) is 3.51. The number of rotatable bonds is 6. The first-order chi connectivity index (χ1) is 17.3. The largest absolute Gasteiger partial charge is 0.367 e. The van der Waals surface area contributed by atoms with Crippen LogP contribution in [-0.4, -0.2) is 40.6 Å². The van der Waals surface area contributed by atoms with E-state index in [1.807, 2.05) is 68.3 Å². The topological polar surface area (TPSA) is 93.9 Å². The van der Waals surface area contributed by atoms with Gasteiger partial charge in [0.1, 0.15) is 11.9 Å². The van der Waals surface area contributed by atoms with Gasteiger partial charge in [-0.25, -0.2) is 4.98 Å². The zero-order valence-electron chi connectivity index (χ0n) is 21.4. The van der Waals surface area contributed by atoms with Gasteiger partial charge in [0.15, 0.2) is 10.5 Å². The van der Waals surface area contributed by atoms with Crippen molar-refractivity contribution in [1.29, 1.82) is 0 Å². The maximum Gasteiger partial charge on any atom is 0.262 e. The maximum atomic E-state index is 13.6. The average molecular weight is 533 g/mol. The van der Waals surface area contributed by atoms with Crippen LogP contribution in [0.4, 0.5) is 0 Å². The molecule has 10 heteroatoms. The smallest absolute Gasteiger partial charge is 0.262 e. The zero-order chi connectivity index (χ0) is 26.7. The first-order valence-electron chi connectivity index (χ1n) is 12.0. The second-order valence-corrected chi connectivity index (χ2v) is 9.69. The molecule has 1 fully saturated rings. The summed E-state index contributed by atoms with van der Waals surface area (Å²) >= 11 is 7.45. The van der Waals surface area contributed by atoms with E-state index in [1.165, 1.54) is 18.9 Å². The van der Waals surface area contributed by atoms with Crippen LogP contribution in [0.5, 0.6) is 0 Å². The number of carbonyl (C=O) groups is 1. The summed E-state index contributed by atoms with van der Waals surface area (Å²) in [5.74, 6) is 0.0595. The number of nitrogens with zero attached hydrogens (tertiary/aromatic N) is 4. The fourth-order valence-corrected chi connectivity index (χ4v) is 5.39. The van der Waals surface area contributed by atoms with E-state index in [0.717, 1.165) is 31.5 Å². The number of amides is 1. The summed E-state index contributed by atoms with van der Waals surface area (Å²) in [6.45, 7) is 9.84. The number of aromatic nitrogens is 2. The summed E-state index contributed by atoms with van der Waals surface area (Å²) < 4.78 is 0.740. The van der Waals surface area contributed by atoms with Crippen molar-refractivity contribution in [3.8, 4) is 0 Å². The third-order valence-electron chi connectivity index (χ3n) is 5.69. The molecular formula is C26H33ClN4O4S. The molecule has 4 rings (SSSR count). The number of hydrogen-bond acceptors (Lipinski definition) is 7. The molecule has 2 aromatic carbocycles. The molecule has 8 nitrogen and oxygen atoms in total. The predicted octanol–water partition coefficient (Wildman–Crippen LogP) is 6.04. The van der Waals surface area contributed by atoms with Crippen molar-refractivity contribution in [2.45, 2.75) is 57.0 Å². The zero-order valence-corrected chi connectivity index (χ0v) is 22.9. The Labute approximate surface area is 220 Å². The molecule has 0 spiro atoms. The molecule has 0 bridgehead atoms. The highest BCUT2D eigenvalue weighted by molar-refractivity contribution is 8.00. The van der Waals surface area contributed by atoms with Crippen LogP contribution in [0.3, 0.4) is 0 Å². The molecule has 0 N–H and O–H groups in total. The van der Waals surface area contributed by atoms with Crippen LogP contribution in [0.25, 0.3) is 10.9 Å². The van der Waals surface area contributed by atoms with Crippen molar-refractivity contribution in [3.05, 3.63) is 74.4 Å². The average Bonchev–Trinajstić information content (AvgIpc) is 3.46. The van der Waals surface area contributed by atoms with Crippen molar-refractivity contribution in [3.63, 3.8) is 0 Å². The Morgan fingerprint density at radius 3 is 2.33 bits per heavy atom. The number of fused-ring (bicyclic) bond motifs is 1. The number of halogens is 1. The highest BCUT2D eigenvalue weighted by Gasteiger charge is 2.41. The van der Waals surface area contributed by atoms with Crippen molar-refractivity contribution >= 4 is 40.2 Å². The van der Waals surface area contributed by atoms with Gasteiger partial charge in [-0.3, -0.25) is 14.2 Å². The SMILES string of the molecule is CC.CCn1c(SC(C)(C(=O)N2CCCC2)c2ccccc2)nc2ccc(Cl)cc2c1=O.CON=O. The molecule has 0 saturated carbocycles. The summed E-state index contributed by atoms with van der Waals surface area (Å²) in [4.78, 5) is 45.8. The van der Waals surface area contributed by atoms with E-state index in [1.54, 1.807) is 22.8 Å².